The first-order chi connectivity index (χ1) is 7.68. The lowest BCUT2D eigenvalue weighted by Gasteiger charge is -2.47. The number of ether oxygens (including phenoxy) is 1. The molecular formula is C13H28N2O. The fourth-order valence-corrected chi connectivity index (χ4v) is 2.82. The fourth-order valence-electron chi connectivity index (χ4n) is 2.82. The molecule has 0 aromatic rings. The Labute approximate surface area is 100 Å². The molecule has 1 heterocycles. The first-order valence-electron chi connectivity index (χ1n) is 6.63. The predicted octanol–water partition coefficient (Wildman–Crippen LogP) is 2.00. The van der Waals surface area contributed by atoms with E-state index in [-0.39, 0.29) is 5.54 Å². The van der Waals surface area contributed by atoms with Crippen LogP contribution in [0.1, 0.15) is 46.0 Å². The summed E-state index contributed by atoms with van der Waals surface area (Å²) in [4.78, 5) is 2.63. The third-order valence-electron chi connectivity index (χ3n) is 4.08. The van der Waals surface area contributed by atoms with Crippen LogP contribution in [-0.4, -0.2) is 43.3 Å². The van der Waals surface area contributed by atoms with E-state index in [1.54, 1.807) is 7.11 Å². The largest absolute Gasteiger partial charge is 0.385 e. The maximum Gasteiger partial charge on any atom is 0.0480 e. The molecule has 0 radical (unpaired) electrons. The number of piperidine rings is 1. The zero-order valence-corrected chi connectivity index (χ0v) is 11.2. The smallest absolute Gasteiger partial charge is 0.0480 e. The van der Waals surface area contributed by atoms with Crippen LogP contribution in [0.25, 0.3) is 0 Å². The first kappa shape index (κ1) is 13.9. The molecule has 1 aliphatic rings. The van der Waals surface area contributed by atoms with Crippen LogP contribution in [0.2, 0.25) is 0 Å². The van der Waals surface area contributed by atoms with E-state index in [0.717, 1.165) is 25.6 Å². The van der Waals surface area contributed by atoms with Gasteiger partial charge in [-0.1, -0.05) is 13.3 Å². The number of rotatable bonds is 6. The Morgan fingerprint density at radius 3 is 2.75 bits per heavy atom. The number of likely N-dealkylation sites (tertiary alicyclic amines) is 1. The number of hydrogen-bond donors (Lipinski definition) is 1. The minimum absolute atomic E-state index is 0.122. The highest BCUT2D eigenvalue weighted by Gasteiger charge is 2.35. The molecule has 0 amide bonds. The normalized spacial score (nSPS) is 26.6. The summed E-state index contributed by atoms with van der Waals surface area (Å²) in [6.45, 7) is 7.32. The molecule has 16 heavy (non-hydrogen) atoms. The summed E-state index contributed by atoms with van der Waals surface area (Å²) in [6, 6.07) is 0.721. The highest BCUT2D eigenvalue weighted by molar-refractivity contribution is 4.92. The lowest BCUT2D eigenvalue weighted by atomic mass is 9.88. The fraction of sp³-hybridized carbons (Fsp3) is 1.00. The van der Waals surface area contributed by atoms with Gasteiger partial charge in [-0.3, -0.25) is 4.90 Å². The monoisotopic (exact) mass is 228 g/mol. The molecule has 96 valence electrons. The molecule has 2 N–H and O–H groups in total. The number of methoxy groups -OCH3 is 1. The van der Waals surface area contributed by atoms with Gasteiger partial charge >= 0.3 is 0 Å². The highest BCUT2D eigenvalue weighted by atomic mass is 16.5. The van der Waals surface area contributed by atoms with E-state index < -0.39 is 0 Å². The van der Waals surface area contributed by atoms with E-state index in [2.05, 4.69) is 18.7 Å². The summed E-state index contributed by atoms with van der Waals surface area (Å²) < 4.78 is 5.22. The van der Waals surface area contributed by atoms with E-state index in [1.165, 1.54) is 32.2 Å². The Balaban J connectivity index is 2.67. The molecule has 1 fully saturated rings. The SMILES string of the molecule is CCC1CCCCN1C(C)(CN)CCOC. The van der Waals surface area contributed by atoms with Crippen LogP contribution in [0, 0.1) is 0 Å². The van der Waals surface area contributed by atoms with Gasteiger partial charge in [0, 0.05) is 31.8 Å². The molecule has 1 rings (SSSR count). The Morgan fingerprint density at radius 1 is 1.44 bits per heavy atom. The van der Waals surface area contributed by atoms with Crippen molar-refractivity contribution in [2.24, 2.45) is 5.73 Å². The Bertz CT molecular complexity index is 198. The molecule has 0 aromatic carbocycles. The quantitative estimate of drug-likeness (QED) is 0.756. The van der Waals surface area contributed by atoms with Crippen molar-refractivity contribution < 1.29 is 4.74 Å². The number of nitrogens with two attached hydrogens (primary N) is 1. The standard InChI is InChI=1S/C13H28N2O/c1-4-12-7-5-6-9-15(12)13(2,11-14)8-10-16-3/h12H,4-11,14H2,1-3H3. The summed E-state index contributed by atoms with van der Waals surface area (Å²) in [7, 11) is 1.77. The van der Waals surface area contributed by atoms with E-state index >= 15 is 0 Å². The molecule has 2 unspecified atom stereocenters. The van der Waals surface area contributed by atoms with Crippen LogP contribution in [0.4, 0.5) is 0 Å². The Kier molecular flexibility index (Phi) is 5.73. The molecule has 0 aromatic heterocycles. The van der Waals surface area contributed by atoms with Gasteiger partial charge in [0.15, 0.2) is 0 Å². The zero-order chi connectivity index (χ0) is 12.0. The second-order valence-corrected chi connectivity index (χ2v) is 5.20. The van der Waals surface area contributed by atoms with Crippen molar-refractivity contribution >= 4 is 0 Å². The van der Waals surface area contributed by atoms with Crippen molar-refractivity contribution in [1.29, 1.82) is 0 Å². The zero-order valence-electron chi connectivity index (χ0n) is 11.2. The second-order valence-electron chi connectivity index (χ2n) is 5.20. The minimum atomic E-state index is 0.122. The average molecular weight is 228 g/mol. The lowest BCUT2D eigenvalue weighted by Crippen LogP contribution is -2.58. The average Bonchev–Trinajstić information content (AvgIpc) is 2.36. The van der Waals surface area contributed by atoms with Gasteiger partial charge in [0.1, 0.15) is 0 Å². The van der Waals surface area contributed by atoms with Crippen LogP contribution < -0.4 is 5.73 Å². The molecular weight excluding hydrogens is 200 g/mol. The predicted molar refractivity (Wildman–Crippen MR) is 68.6 cm³/mol. The van der Waals surface area contributed by atoms with E-state index in [1.807, 2.05) is 0 Å². The molecule has 0 bridgehead atoms. The molecule has 1 saturated heterocycles. The van der Waals surface area contributed by atoms with Crippen LogP contribution >= 0.6 is 0 Å². The van der Waals surface area contributed by atoms with Crippen LogP contribution in [0.5, 0.6) is 0 Å². The Morgan fingerprint density at radius 2 is 2.19 bits per heavy atom. The molecule has 3 heteroatoms. The van der Waals surface area contributed by atoms with Gasteiger partial charge in [-0.25, -0.2) is 0 Å². The van der Waals surface area contributed by atoms with E-state index in [9.17, 15) is 0 Å². The van der Waals surface area contributed by atoms with Gasteiger partial charge in [-0.15, -0.1) is 0 Å². The van der Waals surface area contributed by atoms with E-state index in [0.29, 0.717) is 0 Å². The van der Waals surface area contributed by atoms with Gasteiger partial charge in [-0.05, 0) is 39.2 Å². The van der Waals surface area contributed by atoms with Crippen molar-refractivity contribution in [2.45, 2.75) is 57.5 Å². The molecule has 1 aliphatic heterocycles. The summed E-state index contributed by atoms with van der Waals surface area (Å²) in [6.07, 6.45) is 6.30. The minimum Gasteiger partial charge on any atom is -0.385 e. The molecule has 0 aliphatic carbocycles. The van der Waals surface area contributed by atoms with Crippen LogP contribution in [-0.2, 0) is 4.74 Å². The van der Waals surface area contributed by atoms with Crippen LogP contribution in [0.15, 0.2) is 0 Å². The van der Waals surface area contributed by atoms with Crippen molar-refractivity contribution in [3.63, 3.8) is 0 Å². The van der Waals surface area contributed by atoms with Crippen LogP contribution in [0.3, 0.4) is 0 Å². The highest BCUT2D eigenvalue weighted by Crippen LogP contribution is 2.29. The third kappa shape index (κ3) is 3.19. The topological polar surface area (TPSA) is 38.5 Å². The molecule has 0 spiro atoms. The summed E-state index contributed by atoms with van der Waals surface area (Å²) in [5.41, 5.74) is 6.12. The molecule has 3 nitrogen and oxygen atoms in total. The molecule has 0 saturated carbocycles. The summed E-state index contributed by atoms with van der Waals surface area (Å²) in [5.74, 6) is 0. The Hall–Kier alpha value is -0.120. The summed E-state index contributed by atoms with van der Waals surface area (Å²) in [5, 5.41) is 0. The van der Waals surface area contributed by atoms with Crippen molar-refractivity contribution in [1.82, 2.24) is 4.90 Å². The van der Waals surface area contributed by atoms with Gasteiger partial charge in [-0.2, -0.15) is 0 Å². The first-order valence-corrected chi connectivity index (χ1v) is 6.63. The summed E-state index contributed by atoms with van der Waals surface area (Å²) >= 11 is 0. The second kappa shape index (κ2) is 6.58. The van der Waals surface area contributed by atoms with Gasteiger partial charge in [0.2, 0.25) is 0 Å². The van der Waals surface area contributed by atoms with Gasteiger partial charge < -0.3 is 10.5 Å². The van der Waals surface area contributed by atoms with Gasteiger partial charge in [0.25, 0.3) is 0 Å². The molecule has 2 atom stereocenters. The van der Waals surface area contributed by atoms with Crippen molar-refractivity contribution in [3.8, 4) is 0 Å². The number of nitrogens with zero attached hydrogens (tertiary/aromatic N) is 1. The maximum atomic E-state index is 6.00. The number of hydrogen-bond acceptors (Lipinski definition) is 3. The third-order valence-corrected chi connectivity index (χ3v) is 4.08. The maximum absolute atomic E-state index is 6.00. The van der Waals surface area contributed by atoms with Crippen molar-refractivity contribution in [2.75, 3.05) is 26.8 Å². The van der Waals surface area contributed by atoms with Gasteiger partial charge in [0.05, 0.1) is 0 Å². The van der Waals surface area contributed by atoms with Crippen molar-refractivity contribution in [3.05, 3.63) is 0 Å². The van der Waals surface area contributed by atoms with E-state index in [4.69, 9.17) is 10.5 Å². The lowest BCUT2D eigenvalue weighted by molar-refractivity contribution is 0.0108.